The molecule has 0 radical (unpaired) electrons. The van der Waals surface area contributed by atoms with Crippen LogP contribution in [0.15, 0.2) is 12.2 Å². The molecule has 0 spiro atoms. The van der Waals surface area contributed by atoms with Gasteiger partial charge in [-0.25, -0.2) is 0 Å². The highest BCUT2D eigenvalue weighted by atomic mass is 16.7. The highest BCUT2D eigenvalue weighted by Crippen LogP contribution is 2.24. The molecule has 9 nitrogen and oxygen atoms in total. The lowest BCUT2D eigenvalue weighted by atomic mass is 9.99. The monoisotopic (exact) mass is 1110 g/mol. The van der Waals surface area contributed by atoms with Crippen LogP contribution < -0.4 is 5.32 Å². The molecule has 1 rings (SSSR count). The molecule has 0 saturated carbocycles. The van der Waals surface area contributed by atoms with Crippen LogP contribution >= 0.6 is 0 Å². The highest BCUT2D eigenvalue weighted by molar-refractivity contribution is 5.76. The first-order valence-corrected chi connectivity index (χ1v) is 34.9. The fourth-order valence-corrected chi connectivity index (χ4v) is 11.6. The van der Waals surface area contributed by atoms with Gasteiger partial charge >= 0.3 is 0 Å². The zero-order valence-electron chi connectivity index (χ0n) is 52.0. The van der Waals surface area contributed by atoms with Gasteiger partial charge in [-0.2, -0.15) is 0 Å². The van der Waals surface area contributed by atoms with Crippen molar-refractivity contribution in [1.82, 2.24) is 5.32 Å². The van der Waals surface area contributed by atoms with E-state index in [1.807, 2.05) is 0 Å². The molecular formula is C69H135NO8. The third-order valence-electron chi connectivity index (χ3n) is 17.1. The second-order valence-electron chi connectivity index (χ2n) is 24.7. The van der Waals surface area contributed by atoms with Crippen LogP contribution in [0.25, 0.3) is 0 Å². The Balaban J connectivity index is 2.10. The molecule has 1 saturated heterocycles. The lowest BCUT2D eigenvalue weighted by molar-refractivity contribution is -0.302. The summed E-state index contributed by atoms with van der Waals surface area (Å²) in [5.41, 5.74) is 0. The van der Waals surface area contributed by atoms with Gasteiger partial charge in [0.1, 0.15) is 24.4 Å². The second-order valence-corrected chi connectivity index (χ2v) is 24.7. The number of carbonyl (C=O) groups excluding carboxylic acids is 1. The average molecular weight is 1110 g/mol. The standard InChI is InChI=1S/C69H135NO8/c1-3-5-7-9-11-13-15-17-19-21-23-25-27-29-30-31-32-33-35-36-38-40-42-44-46-48-50-52-54-56-58-63(72)62(61-77-69-68(76)67(75)66(74)64(60-71)78-69)70-65(73)59-57-55-53-51-49-47-45-43-41-39-37-34-28-26-24-22-20-18-16-14-12-10-8-6-4-2/h22,24,62-64,66-69,71-72,74-76H,3-21,23,25-61H2,1-2H3,(H,70,73)/b24-22-. The van der Waals surface area contributed by atoms with Gasteiger partial charge in [0.2, 0.25) is 5.91 Å². The first kappa shape index (κ1) is 74.9. The van der Waals surface area contributed by atoms with E-state index in [2.05, 4.69) is 31.3 Å². The number of aliphatic hydroxyl groups is 5. The third-order valence-corrected chi connectivity index (χ3v) is 17.1. The first-order valence-electron chi connectivity index (χ1n) is 34.9. The molecule has 0 bridgehead atoms. The Hall–Kier alpha value is -1.07. The normalized spacial score (nSPS) is 18.6. The summed E-state index contributed by atoms with van der Waals surface area (Å²) in [5, 5.41) is 54.9. The fraction of sp³-hybridized carbons (Fsp3) is 0.957. The Morgan fingerprint density at radius 1 is 0.423 bits per heavy atom. The smallest absolute Gasteiger partial charge is 0.220 e. The molecule has 6 N–H and O–H groups in total. The van der Waals surface area contributed by atoms with E-state index in [-0.39, 0.29) is 12.5 Å². The number of amides is 1. The number of rotatable bonds is 62. The van der Waals surface area contributed by atoms with E-state index in [0.717, 1.165) is 38.5 Å². The van der Waals surface area contributed by atoms with E-state index in [4.69, 9.17) is 9.47 Å². The SMILES string of the molecule is CCCCCCCCCC/C=C\CCCCCCCCCCCCCCCC(=O)NC(COC1OC(CO)C(O)C(O)C1O)C(O)CCCCCCCCCCCCCCCCCCCCCCCCCCCCCCCC. The maximum absolute atomic E-state index is 13.1. The Bertz CT molecular complexity index is 1240. The summed E-state index contributed by atoms with van der Waals surface area (Å²) in [6, 6.07) is -0.718. The number of hydrogen-bond acceptors (Lipinski definition) is 8. The van der Waals surface area contributed by atoms with Gasteiger partial charge in [0.25, 0.3) is 0 Å². The Morgan fingerprint density at radius 3 is 1.04 bits per heavy atom. The second kappa shape index (κ2) is 59.1. The largest absolute Gasteiger partial charge is 0.394 e. The summed E-state index contributed by atoms with van der Waals surface area (Å²) in [5.74, 6) is -0.136. The number of hydrogen-bond donors (Lipinski definition) is 6. The van der Waals surface area contributed by atoms with Gasteiger partial charge in [-0.3, -0.25) is 4.79 Å². The van der Waals surface area contributed by atoms with Gasteiger partial charge in [-0.05, 0) is 38.5 Å². The quantitative estimate of drug-likeness (QED) is 0.0261. The minimum absolute atomic E-state index is 0.133. The fourth-order valence-electron chi connectivity index (χ4n) is 11.6. The van der Waals surface area contributed by atoms with E-state index in [1.165, 1.54) is 302 Å². The number of ether oxygens (including phenoxy) is 2. The predicted molar refractivity (Wildman–Crippen MR) is 332 cm³/mol. The van der Waals surface area contributed by atoms with Crippen LogP contribution in [0.5, 0.6) is 0 Å². The molecule has 78 heavy (non-hydrogen) atoms. The van der Waals surface area contributed by atoms with Crippen LogP contribution in [0.3, 0.4) is 0 Å². The van der Waals surface area contributed by atoms with Gasteiger partial charge in [-0.15, -0.1) is 0 Å². The molecule has 1 aliphatic rings. The van der Waals surface area contributed by atoms with Crippen LogP contribution in [0.1, 0.15) is 367 Å². The average Bonchev–Trinajstić information content (AvgIpc) is 3.45. The number of carbonyl (C=O) groups is 1. The summed E-state index contributed by atoms with van der Waals surface area (Å²) in [6.45, 7) is 3.90. The maximum atomic E-state index is 13.1. The zero-order chi connectivity index (χ0) is 56.5. The van der Waals surface area contributed by atoms with Gasteiger partial charge in [0.15, 0.2) is 6.29 Å². The van der Waals surface area contributed by atoms with Crippen LogP contribution in [0.2, 0.25) is 0 Å². The predicted octanol–water partition coefficient (Wildman–Crippen LogP) is 18.7. The minimum atomic E-state index is -1.55. The molecular weight excluding hydrogens is 971 g/mol. The molecule has 0 aromatic heterocycles. The molecule has 1 amide bonds. The van der Waals surface area contributed by atoms with Crippen LogP contribution in [-0.4, -0.2) is 87.5 Å². The number of nitrogens with one attached hydrogen (secondary N) is 1. The van der Waals surface area contributed by atoms with E-state index < -0.39 is 49.5 Å². The molecule has 7 unspecified atom stereocenters. The van der Waals surface area contributed by atoms with Crippen LogP contribution in [-0.2, 0) is 14.3 Å². The highest BCUT2D eigenvalue weighted by Gasteiger charge is 2.44. The van der Waals surface area contributed by atoms with Crippen molar-refractivity contribution >= 4 is 5.91 Å². The van der Waals surface area contributed by atoms with Gasteiger partial charge in [0, 0.05) is 6.42 Å². The summed E-state index contributed by atoms with van der Waals surface area (Å²) in [7, 11) is 0. The van der Waals surface area contributed by atoms with E-state index in [1.54, 1.807) is 0 Å². The molecule has 1 aliphatic heterocycles. The molecule has 0 aromatic carbocycles. The van der Waals surface area contributed by atoms with Crippen molar-refractivity contribution in [2.45, 2.75) is 410 Å². The maximum Gasteiger partial charge on any atom is 0.220 e. The number of unbranched alkanes of at least 4 members (excludes halogenated alkanes) is 50. The molecule has 464 valence electrons. The number of allylic oxidation sites excluding steroid dienone is 2. The summed E-state index contributed by atoms with van der Waals surface area (Å²) < 4.78 is 11.4. The number of aliphatic hydroxyl groups excluding tert-OH is 5. The van der Waals surface area contributed by atoms with Crippen molar-refractivity contribution in [2.75, 3.05) is 13.2 Å². The molecule has 0 aromatic rings. The molecule has 9 heteroatoms. The summed E-state index contributed by atoms with van der Waals surface area (Å²) >= 11 is 0. The molecule has 0 aliphatic carbocycles. The topological polar surface area (TPSA) is 149 Å². The van der Waals surface area contributed by atoms with Crippen molar-refractivity contribution < 1.29 is 39.8 Å². The summed E-state index contributed by atoms with van der Waals surface area (Å²) in [4.78, 5) is 13.1. The van der Waals surface area contributed by atoms with E-state index in [0.29, 0.717) is 12.8 Å². The lowest BCUT2D eigenvalue weighted by Crippen LogP contribution is -2.60. The van der Waals surface area contributed by atoms with Crippen molar-refractivity contribution in [2.24, 2.45) is 0 Å². The summed E-state index contributed by atoms with van der Waals surface area (Å²) in [6.07, 6.45) is 68.5. The van der Waals surface area contributed by atoms with Gasteiger partial charge in [-0.1, -0.05) is 334 Å². The van der Waals surface area contributed by atoms with E-state index >= 15 is 0 Å². The minimum Gasteiger partial charge on any atom is -0.394 e. The van der Waals surface area contributed by atoms with Gasteiger partial charge < -0.3 is 40.3 Å². The molecule has 1 fully saturated rings. The Morgan fingerprint density at radius 2 is 0.718 bits per heavy atom. The van der Waals surface area contributed by atoms with Crippen molar-refractivity contribution in [1.29, 1.82) is 0 Å². The molecule has 1 heterocycles. The van der Waals surface area contributed by atoms with Gasteiger partial charge in [0.05, 0.1) is 25.4 Å². The first-order chi connectivity index (χ1) is 38.3. The van der Waals surface area contributed by atoms with Crippen LogP contribution in [0.4, 0.5) is 0 Å². The Labute approximate surface area is 484 Å². The zero-order valence-corrected chi connectivity index (χ0v) is 52.0. The van der Waals surface area contributed by atoms with Crippen molar-refractivity contribution in [3.63, 3.8) is 0 Å². The third kappa shape index (κ3) is 47.4. The van der Waals surface area contributed by atoms with Crippen LogP contribution in [0, 0.1) is 0 Å². The lowest BCUT2D eigenvalue weighted by Gasteiger charge is -2.40. The van der Waals surface area contributed by atoms with E-state index in [9.17, 15) is 30.3 Å². The van der Waals surface area contributed by atoms with Crippen molar-refractivity contribution in [3.05, 3.63) is 12.2 Å². The molecule has 7 atom stereocenters. The van der Waals surface area contributed by atoms with Crippen molar-refractivity contribution in [3.8, 4) is 0 Å². The Kier molecular flexibility index (Phi) is 56.8.